The third-order valence-electron chi connectivity index (χ3n) is 4.74. The molecule has 0 spiro atoms. The third-order valence-corrected chi connectivity index (χ3v) is 4.74. The highest BCUT2D eigenvalue weighted by Crippen LogP contribution is 2.21. The van der Waals surface area contributed by atoms with E-state index in [1.54, 1.807) is 24.1 Å². The van der Waals surface area contributed by atoms with E-state index in [1.807, 2.05) is 0 Å². The van der Waals surface area contributed by atoms with Gasteiger partial charge in [0, 0.05) is 20.0 Å². The molecule has 1 aliphatic rings. The Hall–Kier alpha value is -1.95. The van der Waals surface area contributed by atoms with Gasteiger partial charge in [-0.05, 0) is 56.0 Å². The smallest absolute Gasteiger partial charge is 0.305 e. The van der Waals surface area contributed by atoms with Gasteiger partial charge in [-0.25, -0.2) is 4.39 Å². The quantitative estimate of drug-likeness (QED) is 0.740. The van der Waals surface area contributed by atoms with E-state index in [4.69, 9.17) is 4.74 Å². The van der Waals surface area contributed by atoms with E-state index in [9.17, 15) is 14.0 Å². The van der Waals surface area contributed by atoms with Crippen molar-refractivity contribution in [2.45, 2.75) is 32.2 Å². The molecule has 25 heavy (non-hydrogen) atoms. The number of likely N-dealkylation sites (tertiary alicyclic amines) is 1. The lowest BCUT2D eigenvalue weighted by Gasteiger charge is -2.24. The summed E-state index contributed by atoms with van der Waals surface area (Å²) in [7, 11) is 3.19. The van der Waals surface area contributed by atoms with Crippen LogP contribution in [0.4, 0.5) is 4.39 Å². The molecule has 0 saturated carbocycles. The van der Waals surface area contributed by atoms with Crippen molar-refractivity contribution in [3.8, 4) is 0 Å². The summed E-state index contributed by atoms with van der Waals surface area (Å²) in [6.45, 7) is 2.53. The lowest BCUT2D eigenvalue weighted by Crippen LogP contribution is -2.38. The zero-order valence-electron chi connectivity index (χ0n) is 15.0. The van der Waals surface area contributed by atoms with E-state index in [-0.39, 0.29) is 17.7 Å². The zero-order valence-corrected chi connectivity index (χ0v) is 15.0. The van der Waals surface area contributed by atoms with Crippen molar-refractivity contribution in [3.63, 3.8) is 0 Å². The number of carbonyl (C=O) groups is 2. The van der Waals surface area contributed by atoms with Gasteiger partial charge in [-0.2, -0.15) is 0 Å². The normalized spacial score (nSPS) is 18.4. The van der Waals surface area contributed by atoms with Crippen molar-refractivity contribution >= 4 is 11.9 Å². The first kappa shape index (κ1) is 19.4. The molecule has 1 aromatic carbocycles. The van der Waals surface area contributed by atoms with Crippen LogP contribution in [0.2, 0.25) is 0 Å². The fraction of sp³-hybridized carbons (Fsp3) is 0.579. The van der Waals surface area contributed by atoms with Gasteiger partial charge in [0.05, 0.1) is 13.7 Å². The number of hydrogen-bond donors (Lipinski definition) is 0. The molecule has 1 fully saturated rings. The lowest BCUT2D eigenvalue weighted by atomic mass is 9.97. The van der Waals surface area contributed by atoms with Gasteiger partial charge in [-0.1, -0.05) is 12.1 Å². The van der Waals surface area contributed by atoms with Gasteiger partial charge < -0.3 is 9.64 Å². The van der Waals surface area contributed by atoms with Gasteiger partial charge in [0.15, 0.2) is 0 Å². The third kappa shape index (κ3) is 6.46. The maximum Gasteiger partial charge on any atom is 0.305 e. The molecule has 138 valence electrons. The van der Waals surface area contributed by atoms with Gasteiger partial charge in [-0.3, -0.25) is 14.5 Å². The van der Waals surface area contributed by atoms with E-state index in [0.29, 0.717) is 25.4 Å². The van der Waals surface area contributed by atoms with Crippen LogP contribution in [0, 0.1) is 11.7 Å². The molecule has 0 bridgehead atoms. The summed E-state index contributed by atoms with van der Waals surface area (Å²) in [6, 6.07) is 6.21. The molecule has 0 N–H and O–H groups in total. The maximum absolute atomic E-state index is 12.9. The number of benzene rings is 1. The Morgan fingerprint density at radius 2 is 1.96 bits per heavy atom. The average molecular weight is 350 g/mol. The first-order valence-electron chi connectivity index (χ1n) is 8.75. The topological polar surface area (TPSA) is 49.9 Å². The highest BCUT2D eigenvalue weighted by molar-refractivity contribution is 5.78. The van der Waals surface area contributed by atoms with E-state index in [1.165, 1.54) is 19.2 Å². The maximum atomic E-state index is 12.9. The van der Waals surface area contributed by atoms with Gasteiger partial charge in [0.1, 0.15) is 5.82 Å². The van der Waals surface area contributed by atoms with Gasteiger partial charge in [0.2, 0.25) is 5.91 Å². The van der Waals surface area contributed by atoms with Crippen molar-refractivity contribution in [3.05, 3.63) is 35.6 Å². The number of carbonyl (C=O) groups excluding carboxylic acids is 2. The fourth-order valence-electron chi connectivity index (χ4n) is 3.17. The molecule has 2 rings (SSSR count). The second-order valence-electron chi connectivity index (χ2n) is 6.73. The Morgan fingerprint density at radius 1 is 1.24 bits per heavy atom. The van der Waals surface area contributed by atoms with Crippen LogP contribution in [0.1, 0.15) is 31.2 Å². The van der Waals surface area contributed by atoms with Crippen LogP contribution in [0.15, 0.2) is 24.3 Å². The van der Waals surface area contributed by atoms with E-state index < -0.39 is 0 Å². The van der Waals surface area contributed by atoms with Crippen LogP contribution in [-0.4, -0.2) is 55.5 Å². The van der Waals surface area contributed by atoms with Crippen molar-refractivity contribution in [2.75, 3.05) is 33.8 Å². The summed E-state index contributed by atoms with van der Waals surface area (Å²) in [5, 5.41) is 0. The number of methoxy groups -OCH3 is 1. The number of rotatable bonds is 6. The van der Waals surface area contributed by atoms with Crippen molar-refractivity contribution in [2.24, 2.45) is 5.92 Å². The molecule has 1 aromatic rings. The second-order valence-corrected chi connectivity index (χ2v) is 6.73. The zero-order chi connectivity index (χ0) is 18.2. The molecule has 5 nitrogen and oxygen atoms in total. The monoisotopic (exact) mass is 350 g/mol. The lowest BCUT2D eigenvalue weighted by molar-refractivity contribution is -0.141. The molecule has 1 heterocycles. The Balaban J connectivity index is 1.79. The molecule has 0 aliphatic carbocycles. The highest BCUT2D eigenvalue weighted by atomic mass is 19.1. The predicted molar refractivity (Wildman–Crippen MR) is 93.3 cm³/mol. The fourth-order valence-corrected chi connectivity index (χ4v) is 3.17. The molecule has 1 atom stereocenters. The number of likely N-dealkylation sites (N-methyl/N-ethyl adjacent to an activating group) is 1. The summed E-state index contributed by atoms with van der Waals surface area (Å²) >= 11 is 0. The van der Waals surface area contributed by atoms with E-state index in [2.05, 4.69) is 4.90 Å². The minimum Gasteiger partial charge on any atom is -0.469 e. The number of hydrogen-bond acceptors (Lipinski definition) is 4. The first-order valence-corrected chi connectivity index (χ1v) is 8.75. The SMILES string of the molecule is COC(=O)C[C@@H]1CCCN(CC(=O)N(C)Cc2ccc(F)cc2)CC1. The van der Waals surface area contributed by atoms with Crippen LogP contribution in [0.5, 0.6) is 0 Å². The second kappa shape index (κ2) is 9.51. The Bertz CT molecular complexity index is 577. The van der Waals surface area contributed by atoms with Crippen molar-refractivity contribution in [1.82, 2.24) is 9.80 Å². The molecule has 6 heteroatoms. The molecule has 0 radical (unpaired) electrons. The van der Waals surface area contributed by atoms with Crippen LogP contribution >= 0.6 is 0 Å². The Labute approximate surface area is 148 Å². The number of amides is 1. The van der Waals surface area contributed by atoms with Crippen LogP contribution in [0.3, 0.4) is 0 Å². The molecular weight excluding hydrogens is 323 g/mol. The van der Waals surface area contributed by atoms with Gasteiger partial charge in [-0.15, -0.1) is 0 Å². The first-order chi connectivity index (χ1) is 12.0. The van der Waals surface area contributed by atoms with Crippen LogP contribution in [0.25, 0.3) is 0 Å². The molecular formula is C19H27FN2O3. The summed E-state index contributed by atoms with van der Waals surface area (Å²) < 4.78 is 17.7. The summed E-state index contributed by atoms with van der Waals surface area (Å²) in [6.07, 6.45) is 3.34. The molecule has 0 aromatic heterocycles. The average Bonchev–Trinajstić information content (AvgIpc) is 2.82. The molecule has 1 saturated heterocycles. The molecule has 1 aliphatic heterocycles. The minimum atomic E-state index is -0.274. The summed E-state index contributed by atoms with van der Waals surface area (Å²) in [5.41, 5.74) is 0.909. The van der Waals surface area contributed by atoms with Gasteiger partial charge in [0.25, 0.3) is 0 Å². The Kier molecular flexibility index (Phi) is 7.37. The molecule has 1 amide bonds. The van der Waals surface area contributed by atoms with Crippen LogP contribution in [-0.2, 0) is 20.9 Å². The number of esters is 1. The summed E-state index contributed by atoms with van der Waals surface area (Å²) in [5.74, 6) is -0.0439. The standard InChI is InChI=1S/C19H27FN2O3/c1-21(13-16-5-7-17(20)8-6-16)18(23)14-22-10-3-4-15(9-11-22)12-19(24)25-2/h5-8,15H,3-4,9-14H2,1-2H3/t15-/m1/s1. The van der Waals surface area contributed by atoms with Crippen molar-refractivity contribution in [1.29, 1.82) is 0 Å². The van der Waals surface area contributed by atoms with Crippen LogP contribution < -0.4 is 0 Å². The minimum absolute atomic E-state index is 0.0516. The Morgan fingerprint density at radius 3 is 2.64 bits per heavy atom. The van der Waals surface area contributed by atoms with Crippen molar-refractivity contribution < 1.29 is 18.7 Å². The summed E-state index contributed by atoms with van der Waals surface area (Å²) in [4.78, 5) is 27.7. The van der Waals surface area contributed by atoms with Gasteiger partial charge >= 0.3 is 5.97 Å². The largest absolute Gasteiger partial charge is 0.469 e. The number of ether oxygens (including phenoxy) is 1. The number of halogens is 1. The van der Waals surface area contributed by atoms with E-state index in [0.717, 1.165) is 37.9 Å². The molecule has 0 unspecified atom stereocenters. The predicted octanol–water partition coefficient (Wildman–Crippen LogP) is 2.45. The number of nitrogens with zero attached hydrogens (tertiary/aromatic N) is 2. The van der Waals surface area contributed by atoms with E-state index >= 15 is 0 Å². The highest BCUT2D eigenvalue weighted by Gasteiger charge is 2.22.